The molecule has 4 nitrogen and oxygen atoms in total. The minimum atomic E-state index is -1.09. The van der Waals surface area contributed by atoms with Gasteiger partial charge in [0.2, 0.25) is 0 Å². The van der Waals surface area contributed by atoms with Crippen LogP contribution in [0.4, 0.5) is 4.39 Å². The van der Waals surface area contributed by atoms with Crippen molar-refractivity contribution < 1.29 is 19.0 Å². The summed E-state index contributed by atoms with van der Waals surface area (Å²) in [5.74, 6) is -1.29. The molecule has 0 spiro atoms. The SMILES string of the molecule is O=C(O)c1cccnc1COc1ccc(F)cc1Cl. The topological polar surface area (TPSA) is 59.4 Å². The first kappa shape index (κ1) is 13.3. The maximum Gasteiger partial charge on any atom is 0.337 e. The lowest BCUT2D eigenvalue weighted by atomic mass is 10.2. The van der Waals surface area contributed by atoms with E-state index >= 15 is 0 Å². The molecule has 19 heavy (non-hydrogen) atoms. The summed E-state index contributed by atoms with van der Waals surface area (Å²) in [6.07, 6.45) is 1.47. The van der Waals surface area contributed by atoms with Crippen LogP contribution in [0.3, 0.4) is 0 Å². The number of hydrogen-bond acceptors (Lipinski definition) is 3. The van der Waals surface area contributed by atoms with Crippen LogP contribution in [0, 0.1) is 5.82 Å². The second kappa shape index (κ2) is 5.67. The Hall–Kier alpha value is -2.14. The maximum absolute atomic E-state index is 12.9. The lowest BCUT2D eigenvalue weighted by molar-refractivity contribution is 0.0693. The molecule has 0 amide bonds. The van der Waals surface area contributed by atoms with Gasteiger partial charge in [-0.25, -0.2) is 9.18 Å². The molecule has 1 aromatic heterocycles. The van der Waals surface area contributed by atoms with E-state index in [1.807, 2.05) is 0 Å². The van der Waals surface area contributed by atoms with Gasteiger partial charge in [0.05, 0.1) is 16.3 Å². The number of benzene rings is 1. The number of nitrogens with zero attached hydrogens (tertiary/aromatic N) is 1. The smallest absolute Gasteiger partial charge is 0.337 e. The molecule has 0 radical (unpaired) electrons. The summed E-state index contributed by atoms with van der Waals surface area (Å²) >= 11 is 5.80. The van der Waals surface area contributed by atoms with Gasteiger partial charge in [-0.1, -0.05) is 11.6 Å². The number of halogens is 2. The van der Waals surface area contributed by atoms with Crippen LogP contribution in [0.15, 0.2) is 36.5 Å². The zero-order valence-electron chi connectivity index (χ0n) is 9.64. The van der Waals surface area contributed by atoms with E-state index in [0.29, 0.717) is 0 Å². The molecular formula is C13H9ClFNO3. The van der Waals surface area contributed by atoms with Crippen LogP contribution < -0.4 is 4.74 Å². The van der Waals surface area contributed by atoms with Crippen molar-refractivity contribution >= 4 is 17.6 Å². The first-order valence-electron chi connectivity index (χ1n) is 5.33. The van der Waals surface area contributed by atoms with E-state index in [4.69, 9.17) is 21.4 Å². The van der Waals surface area contributed by atoms with Crippen LogP contribution in [0.2, 0.25) is 5.02 Å². The first-order valence-corrected chi connectivity index (χ1v) is 5.71. The van der Waals surface area contributed by atoms with Crippen molar-refractivity contribution in [2.75, 3.05) is 0 Å². The van der Waals surface area contributed by atoms with Crippen LogP contribution in [0.25, 0.3) is 0 Å². The lowest BCUT2D eigenvalue weighted by Crippen LogP contribution is -2.07. The number of carbonyl (C=O) groups is 1. The zero-order chi connectivity index (χ0) is 13.8. The van der Waals surface area contributed by atoms with E-state index in [0.717, 1.165) is 6.07 Å². The summed E-state index contributed by atoms with van der Waals surface area (Å²) in [6.45, 7) is -0.0617. The molecule has 0 aliphatic heterocycles. The van der Waals surface area contributed by atoms with Crippen molar-refractivity contribution in [1.29, 1.82) is 0 Å². The second-order valence-corrected chi connectivity index (χ2v) is 4.07. The van der Waals surface area contributed by atoms with E-state index in [-0.39, 0.29) is 28.6 Å². The number of ether oxygens (including phenoxy) is 1. The Bertz CT molecular complexity index is 619. The highest BCUT2D eigenvalue weighted by atomic mass is 35.5. The third-order valence-corrected chi connectivity index (χ3v) is 2.67. The number of carboxylic acids is 1. The molecule has 0 saturated carbocycles. The average Bonchev–Trinajstić information content (AvgIpc) is 2.38. The Morgan fingerprint density at radius 3 is 2.89 bits per heavy atom. The summed E-state index contributed by atoms with van der Waals surface area (Å²) in [7, 11) is 0. The number of hydrogen-bond donors (Lipinski definition) is 1. The first-order chi connectivity index (χ1) is 9.08. The predicted octanol–water partition coefficient (Wildman–Crippen LogP) is 3.15. The molecule has 98 valence electrons. The van der Waals surface area contributed by atoms with E-state index < -0.39 is 11.8 Å². The normalized spacial score (nSPS) is 10.2. The molecule has 1 heterocycles. The van der Waals surface area contributed by atoms with Crippen molar-refractivity contribution in [3.63, 3.8) is 0 Å². The lowest BCUT2D eigenvalue weighted by Gasteiger charge is -2.09. The van der Waals surface area contributed by atoms with Crippen LogP contribution in [-0.2, 0) is 6.61 Å². The summed E-state index contributed by atoms with van der Waals surface area (Å²) in [5, 5.41) is 9.10. The fraction of sp³-hybridized carbons (Fsp3) is 0.0769. The van der Waals surface area contributed by atoms with Crippen molar-refractivity contribution in [3.05, 3.63) is 58.6 Å². The fourth-order valence-corrected chi connectivity index (χ4v) is 1.71. The largest absolute Gasteiger partial charge is 0.486 e. The Balaban J connectivity index is 2.17. The molecule has 0 aliphatic rings. The quantitative estimate of drug-likeness (QED) is 0.935. The van der Waals surface area contributed by atoms with E-state index in [1.165, 1.54) is 30.5 Å². The summed E-state index contributed by atoms with van der Waals surface area (Å²) in [4.78, 5) is 14.9. The summed E-state index contributed by atoms with van der Waals surface area (Å²) in [5.41, 5.74) is 0.330. The van der Waals surface area contributed by atoms with Crippen molar-refractivity contribution in [2.45, 2.75) is 6.61 Å². The van der Waals surface area contributed by atoms with Gasteiger partial charge in [0, 0.05) is 6.20 Å². The van der Waals surface area contributed by atoms with Gasteiger partial charge in [-0.05, 0) is 30.3 Å². The number of aromatic nitrogens is 1. The van der Waals surface area contributed by atoms with Gasteiger partial charge in [0.15, 0.2) is 0 Å². The van der Waals surface area contributed by atoms with Gasteiger partial charge >= 0.3 is 5.97 Å². The van der Waals surface area contributed by atoms with Crippen LogP contribution in [0.5, 0.6) is 5.75 Å². The average molecular weight is 282 g/mol. The van der Waals surface area contributed by atoms with Crippen molar-refractivity contribution in [2.24, 2.45) is 0 Å². The Labute approximate surface area is 113 Å². The highest BCUT2D eigenvalue weighted by Crippen LogP contribution is 2.25. The molecule has 1 aromatic carbocycles. The van der Waals surface area contributed by atoms with Crippen LogP contribution >= 0.6 is 11.6 Å². The molecule has 2 rings (SSSR count). The zero-order valence-corrected chi connectivity index (χ0v) is 10.4. The molecule has 0 bridgehead atoms. The maximum atomic E-state index is 12.9. The Kier molecular flexibility index (Phi) is 3.97. The molecule has 0 fully saturated rings. The number of carboxylic acid groups (broad SMARTS) is 1. The van der Waals surface area contributed by atoms with E-state index in [2.05, 4.69) is 4.98 Å². The number of pyridine rings is 1. The van der Waals surface area contributed by atoms with Gasteiger partial charge in [0.1, 0.15) is 18.2 Å². The Morgan fingerprint density at radius 2 is 2.21 bits per heavy atom. The molecule has 0 saturated heterocycles. The highest BCUT2D eigenvalue weighted by Gasteiger charge is 2.12. The van der Waals surface area contributed by atoms with Crippen molar-refractivity contribution in [1.82, 2.24) is 4.98 Å². The molecule has 0 aliphatic carbocycles. The number of rotatable bonds is 4. The predicted molar refractivity (Wildman–Crippen MR) is 66.9 cm³/mol. The van der Waals surface area contributed by atoms with Crippen molar-refractivity contribution in [3.8, 4) is 5.75 Å². The highest BCUT2D eigenvalue weighted by molar-refractivity contribution is 6.32. The monoisotopic (exact) mass is 281 g/mol. The third kappa shape index (κ3) is 3.20. The van der Waals surface area contributed by atoms with Gasteiger partial charge in [-0.3, -0.25) is 4.98 Å². The van der Waals surface area contributed by atoms with Gasteiger partial charge in [-0.15, -0.1) is 0 Å². The molecule has 0 atom stereocenters. The van der Waals surface area contributed by atoms with Crippen LogP contribution in [0.1, 0.15) is 16.1 Å². The third-order valence-electron chi connectivity index (χ3n) is 2.38. The molecule has 0 unspecified atom stereocenters. The summed E-state index contributed by atoms with van der Waals surface area (Å²) < 4.78 is 18.2. The van der Waals surface area contributed by atoms with E-state index in [1.54, 1.807) is 0 Å². The minimum absolute atomic E-state index is 0.0562. The molecular weight excluding hydrogens is 273 g/mol. The fourth-order valence-electron chi connectivity index (χ4n) is 1.49. The standard InChI is InChI=1S/C13H9ClFNO3/c14-10-6-8(15)3-4-12(10)19-7-11-9(13(17)18)2-1-5-16-11/h1-6H,7H2,(H,17,18). The van der Waals surface area contributed by atoms with E-state index in [9.17, 15) is 9.18 Å². The van der Waals surface area contributed by atoms with Gasteiger partial charge in [-0.2, -0.15) is 0 Å². The molecule has 1 N–H and O–H groups in total. The molecule has 2 aromatic rings. The van der Waals surface area contributed by atoms with Gasteiger partial charge < -0.3 is 9.84 Å². The molecule has 6 heteroatoms. The summed E-state index contributed by atoms with van der Waals surface area (Å²) in [6, 6.07) is 6.66. The second-order valence-electron chi connectivity index (χ2n) is 3.67. The van der Waals surface area contributed by atoms with Gasteiger partial charge in [0.25, 0.3) is 0 Å². The minimum Gasteiger partial charge on any atom is -0.486 e. The van der Waals surface area contributed by atoms with Crippen LogP contribution in [-0.4, -0.2) is 16.1 Å². The Morgan fingerprint density at radius 1 is 1.42 bits per heavy atom. The number of aromatic carboxylic acids is 1.